The monoisotopic (exact) mass is 321 g/mol. The first-order valence-electron chi connectivity index (χ1n) is 7.72. The summed E-state index contributed by atoms with van der Waals surface area (Å²) in [6.07, 6.45) is 2.49. The Morgan fingerprint density at radius 1 is 1.04 bits per heavy atom. The van der Waals surface area contributed by atoms with Gasteiger partial charge in [0.2, 0.25) is 5.95 Å². The molecule has 2 N–H and O–H groups in total. The highest BCUT2D eigenvalue weighted by Gasteiger charge is 2.02. The van der Waals surface area contributed by atoms with E-state index in [0.29, 0.717) is 11.8 Å². The van der Waals surface area contributed by atoms with Crippen LogP contribution in [0, 0.1) is 0 Å². The van der Waals surface area contributed by atoms with E-state index in [2.05, 4.69) is 37.9 Å². The first kappa shape index (κ1) is 15.7. The van der Waals surface area contributed by atoms with Crippen LogP contribution in [0.15, 0.2) is 60.8 Å². The molecule has 0 aliphatic carbocycles. The molecule has 0 atom stereocenters. The van der Waals surface area contributed by atoms with Gasteiger partial charge < -0.3 is 15.4 Å². The fraction of sp³-hybridized carbons (Fsp3) is 0.167. The lowest BCUT2D eigenvalue weighted by Crippen LogP contribution is -2.09. The molecule has 0 saturated heterocycles. The van der Waals surface area contributed by atoms with E-state index in [-0.39, 0.29) is 0 Å². The largest absolute Gasteiger partial charge is 0.497 e. The maximum atomic E-state index is 5.21. The zero-order chi connectivity index (χ0) is 16.6. The van der Waals surface area contributed by atoms with E-state index < -0.39 is 0 Å². The number of aromatic nitrogens is 3. The van der Waals surface area contributed by atoms with Crippen LogP contribution in [0.25, 0.3) is 0 Å². The molecule has 1 aromatic heterocycles. The summed E-state index contributed by atoms with van der Waals surface area (Å²) < 4.78 is 5.21. The van der Waals surface area contributed by atoms with Crippen LogP contribution in [-0.4, -0.2) is 28.8 Å². The number of hydrogen-bond acceptors (Lipinski definition) is 6. The van der Waals surface area contributed by atoms with Crippen LogP contribution >= 0.6 is 0 Å². The summed E-state index contributed by atoms with van der Waals surface area (Å²) in [5.41, 5.74) is 2.15. The number of nitrogens with one attached hydrogen (secondary N) is 2. The number of ether oxygens (including phenoxy) is 1. The Hall–Kier alpha value is -3.15. The third-order valence-corrected chi connectivity index (χ3v) is 3.44. The van der Waals surface area contributed by atoms with Crippen LogP contribution in [0.3, 0.4) is 0 Å². The van der Waals surface area contributed by atoms with Crippen LogP contribution in [0.1, 0.15) is 5.56 Å². The molecule has 3 rings (SSSR count). The molecule has 0 unspecified atom stereocenters. The quantitative estimate of drug-likeness (QED) is 0.696. The van der Waals surface area contributed by atoms with Crippen LogP contribution in [-0.2, 0) is 6.42 Å². The molecular formula is C18H19N5O. The van der Waals surface area contributed by atoms with E-state index in [1.54, 1.807) is 13.3 Å². The van der Waals surface area contributed by atoms with E-state index in [0.717, 1.165) is 24.4 Å². The first-order chi connectivity index (χ1) is 11.8. The molecule has 0 aliphatic rings. The van der Waals surface area contributed by atoms with Crippen molar-refractivity contribution in [2.75, 3.05) is 24.3 Å². The maximum Gasteiger partial charge on any atom is 0.244 e. The average Bonchev–Trinajstić information content (AvgIpc) is 2.63. The third kappa shape index (κ3) is 4.42. The second-order valence-corrected chi connectivity index (χ2v) is 5.18. The van der Waals surface area contributed by atoms with Gasteiger partial charge in [-0.25, -0.2) is 0 Å². The fourth-order valence-corrected chi connectivity index (χ4v) is 2.25. The molecule has 6 nitrogen and oxygen atoms in total. The van der Waals surface area contributed by atoms with Crippen LogP contribution in [0.4, 0.5) is 17.5 Å². The Bertz CT molecular complexity index is 779. The molecule has 3 aromatic rings. The van der Waals surface area contributed by atoms with Crippen molar-refractivity contribution in [2.24, 2.45) is 0 Å². The van der Waals surface area contributed by atoms with Crippen molar-refractivity contribution in [3.05, 3.63) is 66.4 Å². The summed E-state index contributed by atoms with van der Waals surface area (Å²) in [7, 11) is 1.64. The minimum absolute atomic E-state index is 0.499. The Balaban J connectivity index is 1.59. The highest BCUT2D eigenvalue weighted by Crippen LogP contribution is 2.20. The van der Waals surface area contributed by atoms with Crippen molar-refractivity contribution in [1.29, 1.82) is 0 Å². The predicted octanol–water partition coefficient (Wildman–Crippen LogP) is 3.28. The molecule has 1 heterocycles. The van der Waals surface area contributed by atoms with Gasteiger partial charge in [-0.2, -0.15) is 10.1 Å². The summed E-state index contributed by atoms with van der Waals surface area (Å²) in [4.78, 5) is 4.42. The summed E-state index contributed by atoms with van der Waals surface area (Å²) in [5, 5.41) is 14.4. The van der Waals surface area contributed by atoms with Gasteiger partial charge in [-0.15, -0.1) is 5.10 Å². The highest BCUT2D eigenvalue weighted by molar-refractivity contribution is 5.58. The Kier molecular flexibility index (Phi) is 5.19. The molecule has 0 bridgehead atoms. The lowest BCUT2D eigenvalue weighted by molar-refractivity contribution is 0.415. The van der Waals surface area contributed by atoms with Crippen molar-refractivity contribution < 1.29 is 4.74 Å². The highest BCUT2D eigenvalue weighted by atomic mass is 16.5. The summed E-state index contributed by atoms with van der Waals surface area (Å²) in [6, 6.07) is 17.9. The van der Waals surface area contributed by atoms with E-state index in [4.69, 9.17) is 4.74 Å². The number of methoxy groups -OCH3 is 1. The third-order valence-electron chi connectivity index (χ3n) is 3.44. The molecule has 122 valence electrons. The smallest absolute Gasteiger partial charge is 0.244 e. The van der Waals surface area contributed by atoms with Crippen molar-refractivity contribution in [3.8, 4) is 5.75 Å². The lowest BCUT2D eigenvalue weighted by atomic mass is 10.1. The van der Waals surface area contributed by atoms with Crippen LogP contribution < -0.4 is 15.4 Å². The number of benzene rings is 2. The van der Waals surface area contributed by atoms with Gasteiger partial charge in [-0.05, 0) is 24.1 Å². The van der Waals surface area contributed by atoms with E-state index in [9.17, 15) is 0 Å². The average molecular weight is 321 g/mol. The van der Waals surface area contributed by atoms with E-state index in [1.807, 2.05) is 42.5 Å². The van der Waals surface area contributed by atoms with Gasteiger partial charge in [-0.1, -0.05) is 36.4 Å². The van der Waals surface area contributed by atoms with E-state index in [1.165, 1.54) is 5.56 Å². The molecule has 0 amide bonds. The van der Waals surface area contributed by atoms with Crippen molar-refractivity contribution in [1.82, 2.24) is 15.2 Å². The molecule has 6 heteroatoms. The van der Waals surface area contributed by atoms with Crippen molar-refractivity contribution in [3.63, 3.8) is 0 Å². The molecular weight excluding hydrogens is 302 g/mol. The molecule has 0 aliphatic heterocycles. The molecule has 0 spiro atoms. The SMILES string of the molecule is COc1cccc(Nc2cnnc(NCCc3ccccc3)n2)c1. The van der Waals surface area contributed by atoms with Gasteiger partial charge in [0.25, 0.3) is 0 Å². The molecule has 2 aromatic carbocycles. The Morgan fingerprint density at radius 2 is 1.92 bits per heavy atom. The number of nitrogens with zero attached hydrogens (tertiary/aromatic N) is 3. The first-order valence-corrected chi connectivity index (χ1v) is 7.72. The zero-order valence-corrected chi connectivity index (χ0v) is 13.4. The second-order valence-electron chi connectivity index (χ2n) is 5.18. The predicted molar refractivity (Wildman–Crippen MR) is 94.7 cm³/mol. The lowest BCUT2D eigenvalue weighted by Gasteiger charge is -2.08. The molecule has 0 fully saturated rings. The number of hydrogen-bond donors (Lipinski definition) is 2. The standard InChI is InChI=1S/C18H19N5O/c1-24-16-9-5-8-15(12-16)21-17-13-20-23-18(22-17)19-11-10-14-6-3-2-4-7-14/h2-9,12-13H,10-11H2,1H3,(H2,19,21,22,23). The second kappa shape index (κ2) is 7.92. The summed E-state index contributed by atoms with van der Waals surface area (Å²) in [5.74, 6) is 1.91. The van der Waals surface area contributed by atoms with Gasteiger partial charge in [-0.3, -0.25) is 0 Å². The fourth-order valence-electron chi connectivity index (χ4n) is 2.25. The minimum atomic E-state index is 0.499. The molecule has 0 saturated carbocycles. The molecule has 24 heavy (non-hydrogen) atoms. The number of anilines is 3. The zero-order valence-electron chi connectivity index (χ0n) is 13.4. The Labute approximate surface area is 140 Å². The topological polar surface area (TPSA) is 72.0 Å². The summed E-state index contributed by atoms with van der Waals surface area (Å²) >= 11 is 0. The van der Waals surface area contributed by atoms with Gasteiger partial charge in [0.1, 0.15) is 5.75 Å². The van der Waals surface area contributed by atoms with Crippen molar-refractivity contribution in [2.45, 2.75) is 6.42 Å². The van der Waals surface area contributed by atoms with Gasteiger partial charge in [0.05, 0.1) is 13.3 Å². The maximum absolute atomic E-state index is 5.21. The minimum Gasteiger partial charge on any atom is -0.497 e. The summed E-state index contributed by atoms with van der Waals surface area (Å²) in [6.45, 7) is 0.744. The van der Waals surface area contributed by atoms with Crippen LogP contribution in [0.2, 0.25) is 0 Å². The van der Waals surface area contributed by atoms with Gasteiger partial charge in [0.15, 0.2) is 5.82 Å². The van der Waals surface area contributed by atoms with Crippen molar-refractivity contribution >= 4 is 17.5 Å². The van der Waals surface area contributed by atoms with E-state index >= 15 is 0 Å². The Morgan fingerprint density at radius 3 is 2.75 bits per heavy atom. The van der Waals surface area contributed by atoms with Gasteiger partial charge in [0, 0.05) is 18.3 Å². The number of rotatable bonds is 7. The van der Waals surface area contributed by atoms with Gasteiger partial charge >= 0.3 is 0 Å². The molecule has 0 radical (unpaired) electrons. The normalized spacial score (nSPS) is 10.2. The van der Waals surface area contributed by atoms with Crippen LogP contribution in [0.5, 0.6) is 5.75 Å².